The minimum absolute atomic E-state index is 0.0144. The van der Waals surface area contributed by atoms with E-state index < -0.39 is 11.7 Å². The minimum atomic E-state index is -0.787. The monoisotopic (exact) mass is 562 g/mol. The van der Waals surface area contributed by atoms with Crippen LogP contribution in [0.1, 0.15) is 29.4 Å². The van der Waals surface area contributed by atoms with E-state index in [4.69, 9.17) is 28.2 Å². The van der Waals surface area contributed by atoms with Gasteiger partial charge in [-0.25, -0.2) is 9.37 Å². The van der Waals surface area contributed by atoms with E-state index in [2.05, 4.69) is 47.5 Å². The third-order valence-electron chi connectivity index (χ3n) is 6.74. The van der Waals surface area contributed by atoms with Crippen LogP contribution in [0.15, 0.2) is 18.2 Å². The molecule has 11 nitrogen and oxygen atoms in total. The molecule has 5 rings (SSSR count). The first-order valence-corrected chi connectivity index (χ1v) is 13.3. The van der Waals surface area contributed by atoms with Crippen molar-refractivity contribution in [3.8, 4) is 0 Å². The van der Waals surface area contributed by atoms with E-state index in [9.17, 15) is 9.18 Å². The Bertz CT molecular complexity index is 1310. The lowest BCUT2D eigenvalue weighted by Crippen LogP contribution is -2.46. The Morgan fingerprint density at radius 2 is 1.87 bits per heavy atom. The lowest BCUT2D eigenvalue weighted by molar-refractivity contribution is 0.0791. The van der Waals surface area contributed by atoms with E-state index in [0.29, 0.717) is 37.1 Å². The molecule has 1 amide bonds. The maximum absolute atomic E-state index is 13.9. The van der Waals surface area contributed by atoms with Gasteiger partial charge in [0.25, 0.3) is 5.91 Å². The summed E-state index contributed by atoms with van der Waals surface area (Å²) in [6, 6.07) is 4.75. The number of piperazine rings is 1. The fraction of sp³-hybridized carbons (Fsp3) is 0.458. The van der Waals surface area contributed by atoms with Crippen molar-refractivity contribution in [3.05, 3.63) is 45.6 Å². The average molecular weight is 563 g/mol. The Balaban J connectivity index is 1.32. The molecule has 5 heterocycles. The van der Waals surface area contributed by atoms with Crippen LogP contribution in [-0.2, 0) is 0 Å². The number of carbonyl (C=O) groups excluding carboxylic acids is 1. The highest BCUT2D eigenvalue weighted by atomic mass is 35.5. The van der Waals surface area contributed by atoms with Crippen molar-refractivity contribution >= 4 is 52.5 Å². The van der Waals surface area contributed by atoms with Crippen molar-refractivity contribution in [1.82, 2.24) is 34.9 Å². The molecular formula is C24H29Cl2FN10O. The van der Waals surface area contributed by atoms with E-state index in [1.807, 2.05) is 19.1 Å². The van der Waals surface area contributed by atoms with Crippen molar-refractivity contribution in [1.29, 1.82) is 0 Å². The maximum Gasteiger partial charge on any atom is 0.257 e. The van der Waals surface area contributed by atoms with Crippen molar-refractivity contribution in [2.75, 3.05) is 61.3 Å². The lowest BCUT2D eigenvalue weighted by atomic mass is 10.2. The second-order valence-electron chi connectivity index (χ2n) is 9.40. The highest BCUT2D eigenvalue weighted by Crippen LogP contribution is 2.26. The SMILES string of the molecule is CCN1CCN(c2cc(Nc3cc(C)[nH]n3)nc(N[C@H]3CCN(C(=O)c4cc(F)c(Cl)nc4Cl)C3)n2)CC1. The van der Waals surface area contributed by atoms with Gasteiger partial charge in [-0.15, -0.1) is 0 Å². The number of likely N-dealkylation sites (tertiary alicyclic amines) is 1. The number of amides is 1. The smallest absolute Gasteiger partial charge is 0.257 e. The van der Waals surface area contributed by atoms with Gasteiger partial charge >= 0.3 is 0 Å². The number of nitrogens with one attached hydrogen (secondary N) is 3. The van der Waals surface area contributed by atoms with Crippen LogP contribution in [-0.4, -0.2) is 92.7 Å². The zero-order valence-corrected chi connectivity index (χ0v) is 22.7. The van der Waals surface area contributed by atoms with Crippen molar-refractivity contribution in [3.63, 3.8) is 0 Å². The van der Waals surface area contributed by atoms with Crippen LogP contribution in [0.5, 0.6) is 0 Å². The summed E-state index contributed by atoms with van der Waals surface area (Å²) in [4.78, 5) is 32.4. The van der Waals surface area contributed by atoms with Gasteiger partial charge in [-0.3, -0.25) is 9.89 Å². The maximum atomic E-state index is 13.9. The quantitative estimate of drug-likeness (QED) is 0.371. The number of anilines is 4. The topological polar surface area (TPSA) is 118 Å². The summed E-state index contributed by atoms with van der Waals surface area (Å²) >= 11 is 11.7. The first kappa shape index (κ1) is 26.4. The summed E-state index contributed by atoms with van der Waals surface area (Å²) in [7, 11) is 0. The molecule has 0 radical (unpaired) electrons. The number of pyridine rings is 1. The molecule has 38 heavy (non-hydrogen) atoms. The molecule has 3 aromatic rings. The van der Waals surface area contributed by atoms with Crippen LogP contribution in [0.3, 0.4) is 0 Å². The number of carbonyl (C=O) groups is 1. The number of H-pyrrole nitrogens is 1. The first-order valence-electron chi connectivity index (χ1n) is 12.5. The number of aromatic amines is 1. The molecule has 2 saturated heterocycles. The van der Waals surface area contributed by atoms with Crippen molar-refractivity contribution < 1.29 is 9.18 Å². The number of likely N-dealkylation sites (N-methyl/N-ethyl adjacent to an activating group) is 1. The van der Waals surface area contributed by atoms with Crippen molar-refractivity contribution in [2.45, 2.75) is 26.3 Å². The van der Waals surface area contributed by atoms with Gasteiger partial charge in [-0.1, -0.05) is 30.1 Å². The van der Waals surface area contributed by atoms with E-state index in [1.165, 1.54) is 0 Å². The molecule has 2 aliphatic rings. The molecule has 0 saturated carbocycles. The first-order chi connectivity index (χ1) is 18.3. The summed E-state index contributed by atoms with van der Waals surface area (Å²) < 4.78 is 13.9. The standard InChI is InChI=1S/C24H29Cl2FN10O/c1-3-35-6-8-36(9-7-35)20-12-18(29-19-10-14(2)33-34-19)30-24(31-20)28-15-4-5-37(13-15)23(38)16-11-17(27)22(26)32-21(16)25/h10-12,15H,3-9,13H2,1-2H3,(H3,28,29,30,31,33,34)/t15-/m0/s1. The zero-order valence-electron chi connectivity index (χ0n) is 21.1. The molecule has 0 aliphatic carbocycles. The van der Waals surface area contributed by atoms with Gasteiger partial charge in [0, 0.05) is 63.1 Å². The number of halogens is 3. The fourth-order valence-corrected chi connectivity index (χ4v) is 5.04. The molecular weight excluding hydrogens is 534 g/mol. The number of aromatic nitrogens is 5. The molecule has 14 heteroatoms. The van der Waals surface area contributed by atoms with Gasteiger partial charge in [0.1, 0.15) is 16.8 Å². The third kappa shape index (κ3) is 5.92. The largest absolute Gasteiger partial charge is 0.354 e. The van der Waals surface area contributed by atoms with Crippen LogP contribution in [0.4, 0.5) is 27.8 Å². The molecule has 3 aromatic heterocycles. The van der Waals surface area contributed by atoms with Gasteiger partial charge in [0.05, 0.1) is 5.56 Å². The van der Waals surface area contributed by atoms with Crippen molar-refractivity contribution in [2.24, 2.45) is 0 Å². The van der Waals surface area contributed by atoms with Crippen LogP contribution < -0.4 is 15.5 Å². The summed E-state index contributed by atoms with van der Waals surface area (Å²) in [6.45, 7) is 9.62. The van der Waals surface area contributed by atoms with Crippen LogP contribution >= 0.6 is 23.2 Å². The molecule has 0 bridgehead atoms. The summed E-state index contributed by atoms with van der Waals surface area (Å²) in [5.74, 6) is 1.35. The highest BCUT2D eigenvalue weighted by Gasteiger charge is 2.30. The summed E-state index contributed by atoms with van der Waals surface area (Å²) in [5, 5.41) is 13.3. The van der Waals surface area contributed by atoms with E-state index >= 15 is 0 Å². The van der Waals surface area contributed by atoms with Gasteiger partial charge in [0.15, 0.2) is 16.8 Å². The van der Waals surface area contributed by atoms with Gasteiger partial charge in [-0.05, 0) is 26.0 Å². The third-order valence-corrected chi connectivity index (χ3v) is 7.30. The summed E-state index contributed by atoms with van der Waals surface area (Å²) in [6.07, 6.45) is 0.664. The lowest BCUT2D eigenvalue weighted by Gasteiger charge is -2.35. The fourth-order valence-electron chi connectivity index (χ4n) is 4.64. The number of rotatable bonds is 7. The molecule has 0 spiro atoms. The normalized spacial score (nSPS) is 18.2. The predicted molar refractivity (Wildman–Crippen MR) is 145 cm³/mol. The number of nitrogens with zero attached hydrogens (tertiary/aromatic N) is 7. The molecule has 2 aliphatic heterocycles. The Kier molecular flexibility index (Phi) is 7.82. The molecule has 3 N–H and O–H groups in total. The average Bonchev–Trinajstić information content (AvgIpc) is 3.54. The van der Waals surface area contributed by atoms with Crippen LogP contribution in [0, 0.1) is 12.7 Å². The van der Waals surface area contributed by atoms with E-state index in [1.54, 1.807) is 4.90 Å². The van der Waals surface area contributed by atoms with Gasteiger partial charge in [0.2, 0.25) is 5.95 Å². The van der Waals surface area contributed by atoms with Gasteiger partial charge < -0.3 is 25.3 Å². The molecule has 202 valence electrons. The number of aryl methyl sites for hydroxylation is 1. The Hall–Kier alpha value is -3.22. The Morgan fingerprint density at radius 3 is 2.58 bits per heavy atom. The summed E-state index contributed by atoms with van der Waals surface area (Å²) in [5.41, 5.74) is 0.918. The Morgan fingerprint density at radius 1 is 1.08 bits per heavy atom. The molecule has 1 atom stereocenters. The minimum Gasteiger partial charge on any atom is -0.354 e. The second kappa shape index (κ2) is 11.3. The molecule has 0 aromatic carbocycles. The second-order valence-corrected chi connectivity index (χ2v) is 10.1. The van der Waals surface area contributed by atoms with Crippen LogP contribution in [0.2, 0.25) is 10.3 Å². The van der Waals surface area contributed by atoms with Gasteiger partial charge in [-0.2, -0.15) is 15.1 Å². The van der Waals surface area contributed by atoms with Crippen LogP contribution in [0.25, 0.3) is 0 Å². The zero-order chi connectivity index (χ0) is 26.8. The number of hydrogen-bond donors (Lipinski definition) is 3. The molecule has 0 unspecified atom stereocenters. The molecule has 2 fully saturated rings. The predicted octanol–water partition coefficient (Wildman–Crippen LogP) is 3.56. The Labute approximate surface area is 229 Å². The van der Waals surface area contributed by atoms with E-state index in [0.717, 1.165) is 50.3 Å². The highest BCUT2D eigenvalue weighted by molar-refractivity contribution is 6.34. The van der Waals surface area contributed by atoms with E-state index in [-0.39, 0.29) is 21.9 Å². The number of hydrogen-bond acceptors (Lipinski definition) is 9.